The number of nitrogens with one attached hydrogen (secondary N) is 1. The van der Waals surface area contributed by atoms with Crippen molar-refractivity contribution in [2.24, 2.45) is 0 Å². The first-order valence-electron chi connectivity index (χ1n) is 7.77. The normalized spacial score (nSPS) is 15.4. The molecule has 0 aliphatic carbocycles. The Bertz CT molecular complexity index is 923. The van der Waals surface area contributed by atoms with Crippen LogP contribution in [0.1, 0.15) is 12.2 Å². The Morgan fingerprint density at radius 3 is 2.70 bits per heavy atom. The molecule has 1 aliphatic rings. The van der Waals surface area contributed by atoms with Crippen LogP contribution in [0.5, 0.6) is 0 Å². The van der Waals surface area contributed by atoms with Gasteiger partial charge in [-0.1, -0.05) is 24.0 Å². The van der Waals surface area contributed by atoms with Gasteiger partial charge in [0, 0.05) is 36.9 Å². The van der Waals surface area contributed by atoms with Crippen molar-refractivity contribution in [1.29, 1.82) is 0 Å². The zero-order chi connectivity index (χ0) is 19.4. The number of nitro groups is 1. The third-order valence-electron chi connectivity index (χ3n) is 3.61. The molecule has 10 heteroatoms. The molecule has 1 aromatic heterocycles. The molecule has 1 saturated heterocycles. The SMILES string of the molecule is O=C(CCN1C(=O)/C(=C/c2ccco2)SC1=S)Nc1ccc([N+](=O)[O-])cc1. The van der Waals surface area contributed by atoms with Gasteiger partial charge in [-0.15, -0.1) is 0 Å². The molecule has 1 aliphatic heterocycles. The van der Waals surface area contributed by atoms with Crippen LogP contribution in [0.3, 0.4) is 0 Å². The highest BCUT2D eigenvalue weighted by atomic mass is 32.2. The Labute approximate surface area is 163 Å². The predicted molar refractivity (Wildman–Crippen MR) is 105 cm³/mol. The van der Waals surface area contributed by atoms with Crippen LogP contribution < -0.4 is 5.32 Å². The number of rotatable bonds is 6. The lowest BCUT2D eigenvalue weighted by molar-refractivity contribution is -0.384. The van der Waals surface area contributed by atoms with E-state index in [1.165, 1.54) is 35.4 Å². The predicted octanol–water partition coefficient (Wildman–Crippen LogP) is 3.42. The van der Waals surface area contributed by atoms with E-state index >= 15 is 0 Å². The number of thioether (sulfide) groups is 1. The van der Waals surface area contributed by atoms with Crippen LogP contribution in [0.25, 0.3) is 6.08 Å². The second-order valence-electron chi connectivity index (χ2n) is 5.45. The molecule has 0 bridgehead atoms. The third kappa shape index (κ3) is 4.60. The molecule has 2 aromatic rings. The summed E-state index contributed by atoms with van der Waals surface area (Å²) in [6.45, 7) is 0.138. The van der Waals surface area contributed by atoms with Crippen LogP contribution in [0.2, 0.25) is 0 Å². The zero-order valence-electron chi connectivity index (χ0n) is 13.8. The summed E-state index contributed by atoms with van der Waals surface area (Å²) in [5, 5.41) is 13.3. The molecule has 0 unspecified atom stereocenters. The Balaban J connectivity index is 1.56. The molecular weight excluding hydrogens is 390 g/mol. The molecule has 0 radical (unpaired) electrons. The zero-order valence-corrected chi connectivity index (χ0v) is 15.4. The number of non-ortho nitro benzene ring substituents is 1. The van der Waals surface area contributed by atoms with Gasteiger partial charge in [0.2, 0.25) is 5.91 Å². The molecule has 27 heavy (non-hydrogen) atoms. The standard InChI is InChI=1S/C17H13N3O5S2/c21-15(18-11-3-5-12(6-4-11)20(23)24)7-8-19-16(22)14(27-17(19)26)10-13-2-1-9-25-13/h1-6,9-10H,7-8H2,(H,18,21)/b14-10-. The van der Waals surface area contributed by atoms with Gasteiger partial charge in [0.15, 0.2) is 0 Å². The minimum absolute atomic E-state index is 0.0391. The van der Waals surface area contributed by atoms with Gasteiger partial charge in [0.05, 0.1) is 16.1 Å². The van der Waals surface area contributed by atoms with E-state index < -0.39 is 4.92 Å². The van der Waals surface area contributed by atoms with Gasteiger partial charge in [-0.25, -0.2) is 0 Å². The van der Waals surface area contributed by atoms with E-state index in [-0.39, 0.29) is 30.5 Å². The van der Waals surface area contributed by atoms with E-state index in [0.29, 0.717) is 20.7 Å². The van der Waals surface area contributed by atoms with Crippen molar-refractivity contribution in [2.75, 3.05) is 11.9 Å². The molecule has 0 atom stereocenters. The summed E-state index contributed by atoms with van der Waals surface area (Å²) in [6, 6.07) is 8.94. The van der Waals surface area contributed by atoms with E-state index in [1.54, 1.807) is 18.2 Å². The fraction of sp³-hybridized carbons (Fsp3) is 0.118. The lowest BCUT2D eigenvalue weighted by Gasteiger charge is -2.14. The molecule has 8 nitrogen and oxygen atoms in total. The quantitative estimate of drug-likeness (QED) is 0.341. The van der Waals surface area contributed by atoms with Crippen LogP contribution in [0, 0.1) is 10.1 Å². The molecule has 0 saturated carbocycles. The van der Waals surface area contributed by atoms with E-state index in [1.807, 2.05) is 0 Å². The highest BCUT2D eigenvalue weighted by Crippen LogP contribution is 2.32. The average molecular weight is 403 g/mol. The second-order valence-corrected chi connectivity index (χ2v) is 7.13. The van der Waals surface area contributed by atoms with Crippen molar-refractivity contribution >= 4 is 57.6 Å². The number of thiocarbonyl (C=S) groups is 1. The fourth-order valence-corrected chi connectivity index (χ4v) is 3.59. The molecular formula is C17H13N3O5S2. The topological polar surface area (TPSA) is 106 Å². The van der Waals surface area contributed by atoms with Crippen LogP contribution in [0.15, 0.2) is 52.0 Å². The summed E-state index contributed by atoms with van der Waals surface area (Å²) in [6.07, 6.45) is 3.16. The first kappa shape index (κ1) is 18.8. The number of nitro benzene ring substituents is 1. The largest absolute Gasteiger partial charge is 0.465 e. The summed E-state index contributed by atoms with van der Waals surface area (Å²) < 4.78 is 5.57. The van der Waals surface area contributed by atoms with E-state index in [4.69, 9.17) is 16.6 Å². The number of hydrogen-bond donors (Lipinski definition) is 1. The molecule has 1 N–H and O–H groups in total. The van der Waals surface area contributed by atoms with E-state index in [2.05, 4.69) is 5.32 Å². The minimum Gasteiger partial charge on any atom is -0.465 e. The number of furan rings is 1. The van der Waals surface area contributed by atoms with Crippen molar-refractivity contribution in [3.63, 3.8) is 0 Å². The van der Waals surface area contributed by atoms with Crippen molar-refractivity contribution in [2.45, 2.75) is 6.42 Å². The van der Waals surface area contributed by atoms with Gasteiger partial charge < -0.3 is 9.73 Å². The van der Waals surface area contributed by atoms with Gasteiger partial charge in [-0.3, -0.25) is 24.6 Å². The Kier molecular flexibility index (Phi) is 5.67. The lowest BCUT2D eigenvalue weighted by atomic mass is 10.2. The first-order valence-corrected chi connectivity index (χ1v) is 9.00. The van der Waals surface area contributed by atoms with Crippen LogP contribution >= 0.6 is 24.0 Å². The van der Waals surface area contributed by atoms with Gasteiger partial charge in [0.1, 0.15) is 10.1 Å². The summed E-state index contributed by atoms with van der Waals surface area (Å²) >= 11 is 6.37. The minimum atomic E-state index is -0.517. The maximum Gasteiger partial charge on any atom is 0.269 e. The number of anilines is 1. The second kappa shape index (κ2) is 8.14. The summed E-state index contributed by atoms with van der Waals surface area (Å²) in [4.78, 5) is 36.4. The number of hydrogen-bond acceptors (Lipinski definition) is 7. The summed E-state index contributed by atoms with van der Waals surface area (Å²) in [7, 11) is 0. The highest BCUT2D eigenvalue weighted by molar-refractivity contribution is 8.26. The first-order chi connectivity index (χ1) is 12.9. The van der Waals surface area contributed by atoms with Gasteiger partial charge >= 0.3 is 0 Å². The van der Waals surface area contributed by atoms with E-state index in [9.17, 15) is 19.7 Å². The van der Waals surface area contributed by atoms with Gasteiger partial charge in [0.25, 0.3) is 11.6 Å². The maximum atomic E-state index is 12.4. The van der Waals surface area contributed by atoms with Crippen molar-refractivity contribution in [1.82, 2.24) is 4.90 Å². The molecule has 1 aromatic carbocycles. The maximum absolute atomic E-state index is 12.4. The average Bonchev–Trinajstić information content (AvgIpc) is 3.23. The molecule has 2 amide bonds. The van der Waals surface area contributed by atoms with Gasteiger partial charge in [-0.2, -0.15) is 0 Å². The van der Waals surface area contributed by atoms with Crippen LogP contribution in [0.4, 0.5) is 11.4 Å². The number of amides is 2. The monoisotopic (exact) mass is 403 g/mol. The van der Waals surface area contributed by atoms with Gasteiger partial charge in [-0.05, 0) is 24.3 Å². The number of carbonyl (C=O) groups excluding carboxylic acids is 2. The third-order valence-corrected chi connectivity index (χ3v) is 4.99. The lowest BCUT2D eigenvalue weighted by Crippen LogP contribution is -2.31. The summed E-state index contributed by atoms with van der Waals surface area (Å²) in [5.41, 5.74) is 0.377. The Morgan fingerprint density at radius 1 is 1.33 bits per heavy atom. The number of benzene rings is 1. The highest BCUT2D eigenvalue weighted by Gasteiger charge is 2.32. The van der Waals surface area contributed by atoms with Crippen molar-refractivity contribution in [3.05, 3.63) is 63.4 Å². The molecule has 2 heterocycles. The Hall–Kier alpha value is -2.98. The van der Waals surface area contributed by atoms with Crippen molar-refractivity contribution < 1.29 is 18.9 Å². The molecule has 1 fully saturated rings. The van der Waals surface area contributed by atoms with Crippen molar-refractivity contribution in [3.8, 4) is 0 Å². The smallest absolute Gasteiger partial charge is 0.269 e. The Morgan fingerprint density at radius 2 is 2.07 bits per heavy atom. The van der Waals surface area contributed by atoms with Crippen LogP contribution in [-0.4, -0.2) is 32.5 Å². The number of carbonyl (C=O) groups is 2. The molecule has 0 spiro atoms. The number of nitrogens with zero attached hydrogens (tertiary/aromatic N) is 2. The molecule has 3 rings (SSSR count). The molecule has 138 valence electrons. The summed E-state index contributed by atoms with van der Waals surface area (Å²) in [5.74, 6) is -0.0520. The van der Waals surface area contributed by atoms with E-state index in [0.717, 1.165) is 11.8 Å². The fourth-order valence-electron chi connectivity index (χ4n) is 2.30. The van der Waals surface area contributed by atoms with Crippen LogP contribution in [-0.2, 0) is 9.59 Å².